The molecule has 0 aliphatic carbocycles. The van der Waals surface area contributed by atoms with Gasteiger partial charge in [-0.15, -0.1) is 0 Å². The van der Waals surface area contributed by atoms with Crippen LogP contribution in [0.25, 0.3) is 0 Å². The monoisotopic (exact) mass is 265 g/mol. The molecule has 104 valence electrons. The first-order valence-corrected chi connectivity index (χ1v) is 5.99. The fourth-order valence-corrected chi connectivity index (χ4v) is 1.62. The maximum atomic E-state index is 11.6. The first kappa shape index (κ1) is 15.0. The summed E-state index contributed by atoms with van der Waals surface area (Å²) in [7, 11) is 0. The minimum Gasteiger partial charge on any atom is -0.478 e. The zero-order valence-electron chi connectivity index (χ0n) is 11.6. The highest BCUT2D eigenvalue weighted by molar-refractivity contribution is 5.95. The van der Waals surface area contributed by atoms with E-state index < -0.39 is 17.5 Å². The van der Waals surface area contributed by atoms with Crippen LogP contribution in [-0.2, 0) is 9.53 Å². The molecule has 1 rings (SSSR count). The van der Waals surface area contributed by atoms with Gasteiger partial charge in [0.15, 0.2) is 0 Å². The van der Waals surface area contributed by atoms with Gasteiger partial charge in [0.25, 0.3) is 0 Å². The van der Waals surface area contributed by atoms with Crippen molar-refractivity contribution in [1.82, 2.24) is 0 Å². The van der Waals surface area contributed by atoms with Gasteiger partial charge in [-0.05, 0) is 39.3 Å². The van der Waals surface area contributed by atoms with Crippen molar-refractivity contribution in [3.63, 3.8) is 0 Å². The third-order valence-electron chi connectivity index (χ3n) is 2.33. The van der Waals surface area contributed by atoms with Crippen LogP contribution in [-0.4, -0.2) is 29.2 Å². The van der Waals surface area contributed by atoms with Crippen molar-refractivity contribution in [3.05, 3.63) is 29.3 Å². The summed E-state index contributed by atoms with van der Waals surface area (Å²) < 4.78 is 5.15. The third-order valence-corrected chi connectivity index (χ3v) is 2.33. The molecule has 0 aromatic heterocycles. The average Bonchev–Trinajstić information content (AvgIpc) is 2.24. The molecule has 0 heterocycles. The molecule has 0 aliphatic heterocycles. The molecular weight excluding hydrogens is 246 g/mol. The summed E-state index contributed by atoms with van der Waals surface area (Å²) in [5.74, 6) is -1.46. The highest BCUT2D eigenvalue weighted by atomic mass is 16.6. The molecule has 5 heteroatoms. The Morgan fingerprint density at radius 1 is 1.32 bits per heavy atom. The fraction of sp³-hybridized carbons (Fsp3) is 0.429. The molecule has 0 radical (unpaired) electrons. The van der Waals surface area contributed by atoms with Crippen LogP contribution in [0.15, 0.2) is 18.2 Å². The normalized spacial score (nSPS) is 10.9. The number of hydrogen-bond donors (Lipinski definition) is 2. The lowest BCUT2D eigenvalue weighted by molar-refractivity contribution is -0.152. The van der Waals surface area contributed by atoms with Crippen LogP contribution in [0.4, 0.5) is 5.69 Å². The van der Waals surface area contributed by atoms with Crippen molar-refractivity contribution in [2.24, 2.45) is 0 Å². The van der Waals surface area contributed by atoms with Crippen LogP contribution < -0.4 is 5.32 Å². The van der Waals surface area contributed by atoms with E-state index in [0.717, 1.165) is 5.56 Å². The van der Waals surface area contributed by atoms with Gasteiger partial charge >= 0.3 is 11.9 Å². The number of carboxylic acids is 1. The van der Waals surface area contributed by atoms with Gasteiger partial charge in [-0.25, -0.2) is 4.79 Å². The van der Waals surface area contributed by atoms with Gasteiger partial charge in [0, 0.05) is 0 Å². The predicted octanol–water partition coefficient (Wildman–Crippen LogP) is 2.45. The van der Waals surface area contributed by atoms with Gasteiger partial charge in [0.1, 0.15) is 12.1 Å². The minimum absolute atomic E-state index is 0.0671. The standard InChI is InChI=1S/C14H19NO4/c1-9-6-5-7-10(13(17)18)12(9)15-8-11(16)19-14(2,3)4/h5-7,15H,8H2,1-4H3,(H,17,18). The van der Waals surface area contributed by atoms with Crippen molar-refractivity contribution >= 4 is 17.6 Å². The Bertz CT molecular complexity index is 489. The van der Waals surface area contributed by atoms with Crippen LogP contribution in [0, 0.1) is 6.92 Å². The second-order valence-electron chi connectivity index (χ2n) is 5.24. The van der Waals surface area contributed by atoms with Crippen molar-refractivity contribution < 1.29 is 19.4 Å². The van der Waals surface area contributed by atoms with Crippen molar-refractivity contribution in [1.29, 1.82) is 0 Å². The summed E-state index contributed by atoms with van der Waals surface area (Å²) >= 11 is 0. The molecule has 2 N–H and O–H groups in total. The van der Waals surface area contributed by atoms with Crippen molar-refractivity contribution in [3.8, 4) is 0 Å². The summed E-state index contributed by atoms with van der Waals surface area (Å²) in [6, 6.07) is 4.94. The van der Waals surface area contributed by atoms with Gasteiger partial charge in [0.2, 0.25) is 0 Å². The number of hydrogen-bond acceptors (Lipinski definition) is 4. The summed E-state index contributed by atoms with van der Waals surface area (Å²) in [4.78, 5) is 22.7. The zero-order valence-corrected chi connectivity index (χ0v) is 11.6. The molecule has 5 nitrogen and oxygen atoms in total. The molecule has 0 unspecified atom stereocenters. The minimum atomic E-state index is -1.03. The fourth-order valence-electron chi connectivity index (χ4n) is 1.62. The first-order chi connectivity index (χ1) is 8.70. The Hall–Kier alpha value is -2.04. The Labute approximate surface area is 112 Å². The number of para-hydroxylation sites is 1. The molecule has 0 amide bonds. The summed E-state index contributed by atoms with van der Waals surface area (Å²) in [5, 5.41) is 11.9. The number of ether oxygens (including phenoxy) is 1. The highest BCUT2D eigenvalue weighted by Gasteiger charge is 2.17. The molecule has 1 aromatic carbocycles. The second kappa shape index (κ2) is 5.73. The van der Waals surface area contributed by atoms with E-state index in [1.54, 1.807) is 39.8 Å². The predicted molar refractivity (Wildman–Crippen MR) is 72.5 cm³/mol. The largest absolute Gasteiger partial charge is 0.478 e. The van der Waals surface area contributed by atoms with E-state index >= 15 is 0 Å². The Balaban J connectivity index is 2.78. The van der Waals surface area contributed by atoms with E-state index in [1.807, 2.05) is 0 Å². The number of aromatic carboxylic acids is 1. The maximum Gasteiger partial charge on any atom is 0.337 e. The number of benzene rings is 1. The number of rotatable bonds is 4. The number of anilines is 1. The lowest BCUT2D eigenvalue weighted by Crippen LogP contribution is -2.28. The van der Waals surface area contributed by atoms with Crippen LogP contribution >= 0.6 is 0 Å². The molecule has 0 saturated heterocycles. The Morgan fingerprint density at radius 2 is 1.95 bits per heavy atom. The number of esters is 1. The number of carbonyl (C=O) groups is 2. The average molecular weight is 265 g/mol. The second-order valence-corrected chi connectivity index (χ2v) is 5.24. The molecule has 0 atom stereocenters. The lowest BCUT2D eigenvalue weighted by atomic mass is 10.1. The van der Waals surface area contributed by atoms with Gasteiger partial charge in [-0.2, -0.15) is 0 Å². The quantitative estimate of drug-likeness (QED) is 0.818. The number of aryl methyl sites for hydroxylation is 1. The van der Waals surface area contributed by atoms with Crippen LogP contribution in [0.2, 0.25) is 0 Å². The highest BCUT2D eigenvalue weighted by Crippen LogP contribution is 2.20. The molecule has 0 fully saturated rings. The first-order valence-electron chi connectivity index (χ1n) is 5.99. The molecule has 0 spiro atoms. The number of carboxylic acid groups (broad SMARTS) is 1. The SMILES string of the molecule is Cc1cccc(C(=O)O)c1NCC(=O)OC(C)(C)C. The van der Waals surface area contributed by atoms with Crippen LogP contribution in [0.1, 0.15) is 36.7 Å². The van der Waals surface area contributed by atoms with Gasteiger partial charge in [0.05, 0.1) is 11.3 Å². The summed E-state index contributed by atoms with van der Waals surface area (Å²) in [5.41, 5.74) is 0.799. The molecular formula is C14H19NO4. The van der Waals surface area contributed by atoms with Gasteiger partial charge < -0.3 is 15.2 Å². The van der Waals surface area contributed by atoms with E-state index in [1.165, 1.54) is 6.07 Å². The van der Waals surface area contributed by atoms with Crippen LogP contribution in [0.5, 0.6) is 0 Å². The van der Waals surface area contributed by atoms with Gasteiger partial charge in [-0.1, -0.05) is 12.1 Å². The molecule has 0 saturated carbocycles. The number of nitrogens with one attached hydrogen (secondary N) is 1. The van der Waals surface area contributed by atoms with E-state index in [2.05, 4.69) is 5.32 Å². The summed E-state index contributed by atoms with van der Waals surface area (Å²) in [6.45, 7) is 7.05. The maximum absolute atomic E-state index is 11.6. The molecule has 0 aliphatic rings. The van der Waals surface area contributed by atoms with E-state index in [4.69, 9.17) is 9.84 Å². The third kappa shape index (κ3) is 4.62. The van der Waals surface area contributed by atoms with Crippen molar-refractivity contribution in [2.45, 2.75) is 33.3 Å². The van der Waals surface area contributed by atoms with E-state index in [-0.39, 0.29) is 12.1 Å². The Kier molecular flexibility index (Phi) is 4.53. The number of carbonyl (C=O) groups excluding carboxylic acids is 1. The lowest BCUT2D eigenvalue weighted by Gasteiger charge is -2.20. The topological polar surface area (TPSA) is 75.6 Å². The van der Waals surface area contributed by atoms with Crippen molar-refractivity contribution in [2.75, 3.05) is 11.9 Å². The van der Waals surface area contributed by atoms with Crippen LogP contribution in [0.3, 0.4) is 0 Å². The zero-order chi connectivity index (χ0) is 14.6. The van der Waals surface area contributed by atoms with E-state index in [9.17, 15) is 9.59 Å². The molecule has 0 bridgehead atoms. The summed E-state index contributed by atoms with van der Waals surface area (Å²) in [6.07, 6.45) is 0. The smallest absolute Gasteiger partial charge is 0.337 e. The van der Waals surface area contributed by atoms with E-state index in [0.29, 0.717) is 5.69 Å². The molecule has 1 aromatic rings. The molecule has 19 heavy (non-hydrogen) atoms. The Morgan fingerprint density at radius 3 is 2.47 bits per heavy atom. The van der Waals surface area contributed by atoms with Gasteiger partial charge in [-0.3, -0.25) is 4.79 Å².